The van der Waals surface area contributed by atoms with E-state index >= 15 is 0 Å². The van der Waals surface area contributed by atoms with Crippen molar-refractivity contribution in [1.82, 2.24) is 15.2 Å². The number of aliphatic imine (C=N–C) groups is 1. The van der Waals surface area contributed by atoms with Gasteiger partial charge in [-0.1, -0.05) is 0 Å². The molecule has 0 bridgehead atoms. The van der Waals surface area contributed by atoms with E-state index in [-0.39, 0.29) is 12.5 Å². The van der Waals surface area contributed by atoms with Crippen LogP contribution < -0.4 is 5.32 Å². The van der Waals surface area contributed by atoms with Gasteiger partial charge in [0, 0.05) is 32.0 Å². The van der Waals surface area contributed by atoms with Crippen LogP contribution in [0.1, 0.15) is 25.1 Å². The summed E-state index contributed by atoms with van der Waals surface area (Å²) in [7, 11) is 0. The zero-order valence-corrected chi connectivity index (χ0v) is 12.7. The van der Waals surface area contributed by atoms with Gasteiger partial charge >= 0.3 is 0 Å². The fourth-order valence-corrected chi connectivity index (χ4v) is 1.89. The molecule has 6 heteroatoms. The molecule has 0 aliphatic rings. The lowest BCUT2D eigenvalue weighted by Crippen LogP contribution is -2.37. The van der Waals surface area contributed by atoms with Crippen LogP contribution in [0.15, 0.2) is 23.3 Å². The van der Waals surface area contributed by atoms with Gasteiger partial charge in [-0.15, -0.1) is 0 Å². The summed E-state index contributed by atoms with van der Waals surface area (Å²) in [5.41, 5.74) is 1.79. The Hall–Kier alpha value is -1.79. The highest BCUT2D eigenvalue weighted by atomic mass is 16.3. The molecule has 1 amide bonds. The minimum absolute atomic E-state index is 0.0451. The molecule has 0 atom stereocenters. The van der Waals surface area contributed by atoms with Gasteiger partial charge in [0.25, 0.3) is 0 Å². The molecule has 1 heterocycles. The van der Waals surface area contributed by atoms with E-state index in [0.717, 1.165) is 24.3 Å². The second-order valence-electron chi connectivity index (χ2n) is 4.51. The van der Waals surface area contributed by atoms with Crippen molar-refractivity contribution in [2.45, 2.75) is 20.4 Å². The van der Waals surface area contributed by atoms with Gasteiger partial charge in [-0.05, 0) is 31.5 Å². The molecule has 0 saturated carbocycles. The largest absolute Gasteiger partial charge is 0.394 e. The van der Waals surface area contributed by atoms with Gasteiger partial charge in [0.15, 0.2) is 0 Å². The number of pyridine rings is 1. The summed E-state index contributed by atoms with van der Waals surface area (Å²) in [5, 5.41) is 11.8. The van der Waals surface area contributed by atoms with Crippen molar-refractivity contribution in [1.29, 1.82) is 0 Å². The fourth-order valence-electron chi connectivity index (χ4n) is 1.89. The van der Waals surface area contributed by atoms with E-state index in [1.54, 1.807) is 17.3 Å². The molecule has 1 aromatic heterocycles. The highest BCUT2D eigenvalue weighted by molar-refractivity contribution is 5.79. The van der Waals surface area contributed by atoms with Crippen molar-refractivity contribution in [3.05, 3.63) is 29.6 Å². The fraction of sp³-hybridized carbons (Fsp3) is 0.533. The first-order valence-electron chi connectivity index (χ1n) is 7.25. The number of likely N-dealkylation sites (N-methyl/N-ethyl adjacent to an activating group) is 1. The number of hydrogen-bond donors (Lipinski definition) is 2. The van der Waals surface area contributed by atoms with Crippen molar-refractivity contribution in [3.63, 3.8) is 0 Å². The summed E-state index contributed by atoms with van der Waals surface area (Å²) in [6.45, 7) is 6.69. The van der Waals surface area contributed by atoms with Crippen LogP contribution >= 0.6 is 0 Å². The lowest BCUT2D eigenvalue weighted by Gasteiger charge is -2.18. The molecule has 1 aromatic rings. The van der Waals surface area contributed by atoms with Crippen LogP contribution in [0.25, 0.3) is 0 Å². The van der Waals surface area contributed by atoms with Gasteiger partial charge in [-0.2, -0.15) is 0 Å². The van der Waals surface area contributed by atoms with Crippen LogP contribution in [-0.4, -0.2) is 59.9 Å². The minimum Gasteiger partial charge on any atom is -0.394 e. The number of carbonyl (C=O) groups excluding carboxylic acids is 1. The lowest BCUT2D eigenvalue weighted by molar-refractivity contribution is -0.129. The number of carbonyl (C=O) groups is 1. The van der Waals surface area contributed by atoms with Crippen molar-refractivity contribution >= 4 is 12.1 Å². The molecule has 0 fully saturated rings. The average molecular weight is 292 g/mol. The normalized spacial score (nSPS) is 11.0. The number of aromatic nitrogens is 1. The summed E-state index contributed by atoms with van der Waals surface area (Å²) in [4.78, 5) is 21.9. The van der Waals surface area contributed by atoms with Crippen LogP contribution in [0.3, 0.4) is 0 Å². The number of hydrogen-bond acceptors (Lipinski definition) is 5. The summed E-state index contributed by atoms with van der Waals surface area (Å²) in [6.07, 6.45) is 3.42. The van der Waals surface area contributed by atoms with Crippen molar-refractivity contribution in [2.75, 3.05) is 32.8 Å². The molecule has 1 rings (SSSR count). The molecule has 0 aliphatic heterocycles. The Kier molecular flexibility index (Phi) is 8.23. The molecule has 0 aromatic carbocycles. The molecular formula is C15H24N4O2. The summed E-state index contributed by atoms with van der Waals surface area (Å²) < 4.78 is 0. The molecule has 0 saturated heterocycles. The van der Waals surface area contributed by atoms with Gasteiger partial charge in [0.2, 0.25) is 5.91 Å². The highest BCUT2D eigenvalue weighted by Gasteiger charge is 2.08. The van der Waals surface area contributed by atoms with E-state index in [1.807, 2.05) is 26.0 Å². The Morgan fingerprint density at radius 1 is 1.48 bits per heavy atom. The molecular weight excluding hydrogens is 268 g/mol. The Bertz CT molecular complexity index is 459. The SMILES string of the molecule is CCN(CC)C(=O)CNCc1cc(/C=N/CCO)ccn1. The number of aliphatic hydroxyl groups is 1. The zero-order chi connectivity index (χ0) is 15.5. The Balaban J connectivity index is 2.45. The second kappa shape index (κ2) is 10.0. The number of nitrogens with zero attached hydrogens (tertiary/aromatic N) is 3. The molecule has 0 aliphatic carbocycles. The van der Waals surface area contributed by atoms with Crippen molar-refractivity contribution < 1.29 is 9.90 Å². The molecule has 116 valence electrons. The summed E-state index contributed by atoms with van der Waals surface area (Å²) in [6, 6.07) is 3.77. The minimum atomic E-state index is 0.0451. The van der Waals surface area contributed by atoms with E-state index in [0.29, 0.717) is 19.6 Å². The monoisotopic (exact) mass is 292 g/mol. The predicted molar refractivity (Wildman–Crippen MR) is 83.4 cm³/mol. The van der Waals surface area contributed by atoms with E-state index in [4.69, 9.17) is 5.11 Å². The topological polar surface area (TPSA) is 77.8 Å². The summed E-state index contributed by atoms with van der Waals surface area (Å²) in [5.74, 6) is 0.0978. The van der Waals surface area contributed by atoms with E-state index < -0.39 is 0 Å². The third kappa shape index (κ3) is 6.46. The Morgan fingerprint density at radius 3 is 2.90 bits per heavy atom. The van der Waals surface area contributed by atoms with Crippen LogP contribution in [0.2, 0.25) is 0 Å². The highest BCUT2D eigenvalue weighted by Crippen LogP contribution is 1.99. The Labute approximate surface area is 125 Å². The molecule has 2 N–H and O–H groups in total. The van der Waals surface area contributed by atoms with Gasteiger partial charge in [0.05, 0.1) is 25.4 Å². The molecule has 6 nitrogen and oxygen atoms in total. The van der Waals surface area contributed by atoms with Crippen molar-refractivity contribution in [2.24, 2.45) is 4.99 Å². The first-order valence-corrected chi connectivity index (χ1v) is 7.25. The Morgan fingerprint density at radius 2 is 2.24 bits per heavy atom. The van der Waals surface area contributed by atoms with E-state index in [1.165, 1.54) is 0 Å². The number of nitrogens with one attached hydrogen (secondary N) is 1. The van der Waals surface area contributed by atoms with Gasteiger partial charge in [-0.25, -0.2) is 0 Å². The van der Waals surface area contributed by atoms with Crippen LogP contribution in [-0.2, 0) is 11.3 Å². The van der Waals surface area contributed by atoms with Crippen LogP contribution in [0.4, 0.5) is 0 Å². The maximum Gasteiger partial charge on any atom is 0.236 e. The lowest BCUT2D eigenvalue weighted by atomic mass is 10.2. The summed E-state index contributed by atoms with van der Waals surface area (Å²) >= 11 is 0. The van der Waals surface area contributed by atoms with E-state index in [2.05, 4.69) is 15.3 Å². The standard InChI is InChI=1S/C15H24N4O2/c1-3-19(4-2)15(21)12-17-11-14-9-13(5-6-18-14)10-16-7-8-20/h5-6,9-10,17,20H,3-4,7-8,11-12H2,1-2H3/b16-10+. The van der Waals surface area contributed by atoms with E-state index in [9.17, 15) is 4.79 Å². The van der Waals surface area contributed by atoms with Crippen LogP contribution in [0, 0.1) is 0 Å². The first-order chi connectivity index (χ1) is 10.2. The molecule has 0 unspecified atom stereocenters. The van der Waals surface area contributed by atoms with Gasteiger partial charge in [-0.3, -0.25) is 14.8 Å². The zero-order valence-electron chi connectivity index (χ0n) is 12.7. The predicted octanol–water partition coefficient (Wildman–Crippen LogP) is 0.451. The van der Waals surface area contributed by atoms with Gasteiger partial charge < -0.3 is 15.3 Å². The molecule has 0 spiro atoms. The maximum absolute atomic E-state index is 11.8. The van der Waals surface area contributed by atoms with Crippen LogP contribution in [0.5, 0.6) is 0 Å². The quantitative estimate of drug-likeness (QED) is 0.648. The van der Waals surface area contributed by atoms with Crippen molar-refractivity contribution in [3.8, 4) is 0 Å². The number of aliphatic hydroxyl groups excluding tert-OH is 1. The average Bonchev–Trinajstić information content (AvgIpc) is 2.49. The second-order valence-corrected chi connectivity index (χ2v) is 4.51. The number of amides is 1. The number of rotatable bonds is 9. The molecule has 0 radical (unpaired) electrons. The first kappa shape index (κ1) is 17.3. The molecule has 21 heavy (non-hydrogen) atoms. The van der Waals surface area contributed by atoms with Gasteiger partial charge in [0.1, 0.15) is 0 Å². The maximum atomic E-state index is 11.8. The smallest absolute Gasteiger partial charge is 0.236 e. The third-order valence-electron chi connectivity index (χ3n) is 3.01. The third-order valence-corrected chi connectivity index (χ3v) is 3.01.